The van der Waals surface area contributed by atoms with E-state index in [0.717, 1.165) is 5.56 Å². The van der Waals surface area contributed by atoms with E-state index in [9.17, 15) is 33.7 Å². The summed E-state index contributed by atoms with van der Waals surface area (Å²) < 4.78 is 19.3. The summed E-state index contributed by atoms with van der Waals surface area (Å²) in [6.45, 7) is -0.0631. The molecule has 0 saturated carbocycles. The monoisotopic (exact) mass is 610 g/mol. The average molecular weight is 611 g/mol. The van der Waals surface area contributed by atoms with Gasteiger partial charge in [0.05, 0.1) is 5.92 Å². The lowest BCUT2D eigenvalue weighted by Crippen LogP contribution is -2.46. The van der Waals surface area contributed by atoms with Crippen LogP contribution in [0.3, 0.4) is 0 Å². The van der Waals surface area contributed by atoms with Crippen molar-refractivity contribution in [1.82, 2.24) is 10.6 Å². The molecular formula is C31H35N2O9P. The second kappa shape index (κ2) is 16.2. The third-order valence-corrected chi connectivity index (χ3v) is 8.94. The Morgan fingerprint density at radius 1 is 0.744 bits per heavy atom. The first-order valence-electron chi connectivity index (χ1n) is 13.6. The summed E-state index contributed by atoms with van der Waals surface area (Å²) in [6.07, 6.45) is -2.40. The minimum absolute atomic E-state index is 0.000989. The van der Waals surface area contributed by atoms with Crippen LogP contribution in [0.2, 0.25) is 0 Å². The molecule has 228 valence electrons. The van der Waals surface area contributed by atoms with Gasteiger partial charge in [0, 0.05) is 19.0 Å². The summed E-state index contributed by atoms with van der Waals surface area (Å²) in [6, 6.07) is 24.8. The molecule has 0 spiro atoms. The van der Waals surface area contributed by atoms with Gasteiger partial charge in [-0.05, 0) is 29.5 Å². The highest BCUT2D eigenvalue weighted by Gasteiger charge is 2.38. The normalized spacial score (nSPS) is 14.3. The molecule has 0 aromatic heterocycles. The number of carboxylic acid groups (broad SMARTS) is 2. The number of carbonyl (C=O) groups excluding carboxylic acids is 2. The van der Waals surface area contributed by atoms with Crippen LogP contribution in [0.5, 0.6) is 0 Å². The van der Waals surface area contributed by atoms with Gasteiger partial charge >= 0.3 is 18.0 Å². The van der Waals surface area contributed by atoms with E-state index in [4.69, 9.17) is 9.84 Å². The summed E-state index contributed by atoms with van der Waals surface area (Å²) in [5.41, 5.74) is 2.05. The van der Waals surface area contributed by atoms with Crippen LogP contribution in [0.1, 0.15) is 29.5 Å². The first kappa shape index (κ1) is 33.0. The summed E-state index contributed by atoms with van der Waals surface area (Å²) in [7, 11) is -4.38. The minimum Gasteiger partial charge on any atom is -0.481 e. The van der Waals surface area contributed by atoms with E-state index >= 15 is 0 Å². The molecule has 12 heteroatoms. The Morgan fingerprint density at radius 3 is 1.77 bits per heavy atom. The molecule has 0 saturated heterocycles. The van der Waals surface area contributed by atoms with Crippen LogP contribution in [0, 0.1) is 5.92 Å². The quantitative estimate of drug-likeness (QED) is 0.150. The first-order chi connectivity index (χ1) is 20.5. The summed E-state index contributed by atoms with van der Waals surface area (Å²) in [5.74, 6) is -5.97. The van der Waals surface area contributed by atoms with Crippen LogP contribution in [-0.2, 0) is 43.1 Å². The number of nitrogens with one attached hydrogen (secondary N) is 2. The highest BCUT2D eigenvalue weighted by Crippen LogP contribution is 2.48. The molecular weight excluding hydrogens is 575 g/mol. The molecule has 3 rings (SSSR count). The maximum Gasteiger partial charge on any atom is 0.408 e. The Labute approximate surface area is 249 Å². The number of alkyl carbamates (subject to hydrolysis) is 1. The molecule has 4 atom stereocenters. The minimum atomic E-state index is -4.38. The summed E-state index contributed by atoms with van der Waals surface area (Å²) in [5, 5.41) is 23.4. The molecule has 3 aromatic rings. The zero-order valence-electron chi connectivity index (χ0n) is 23.4. The van der Waals surface area contributed by atoms with Crippen molar-refractivity contribution in [1.29, 1.82) is 0 Å². The van der Waals surface area contributed by atoms with Gasteiger partial charge in [0.15, 0.2) is 0 Å². The third-order valence-electron chi connectivity index (χ3n) is 6.70. The van der Waals surface area contributed by atoms with Crippen molar-refractivity contribution in [3.8, 4) is 0 Å². The number of hydrogen-bond donors (Lipinski definition) is 5. The Morgan fingerprint density at radius 2 is 1.26 bits per heavy atom. The predicted octanol–water partition coefficient (Wildman–Crippen LogP) is 4.05. The molecule has 0 heterocycles. The summed E-state index contributed by atoms with van der Waals surface area (Å²) in [4.78, 5) is 60.3. The molecule has 11 nitrogen and oxygen atoms in total. The van der Waals surface area contributed by atoms with Gasteiger partial charge in [-0.25, -0.2) is 9.59 Å². The number of carbonyl (C=O) groups is 4. The molecule has 5 N–H and O–H groups in total. The second-order valence-corrected chi connectivity index (χ2v) is 12.6. The first-order valence-corrected chi connectivity index (χ1v) is 15.6. The zero-order chi connectivity index (χ0) is 31.2. The van der Waals surface area contributed by atoms with Crippen molar-refractivity contribution in [2.75, 3.05) is 6.16 Å². The highest BCUT2D eigenvalue weighted by molar-refractivity contribution is 7.58. The lowest BCUT2D eigenvalue weighted by atomic mass is 9.99. The molecule has 0 aliphatic carbocycles. The van der Waals surface area contributed by atoms with Gasteiger partial charge in [0.25, 0.3) is 0 Å². The van der Waals surface area contributed by atoms with E-state index in [2.05, 4.69) is 10.6 Å². The van der Waals surface area contributed by atoms with Gasteiger partial charge in [-0.3, -0.25) is 14.2 Å². The molecule has 2 amide bonds. The van der Waals surface area contributed by atoms with Crippen LogP contribution in [0.4, 0.5) is 4.79 Å². The van der Waals surface area contributed by atoms with Crippen LogP contribution < -0.4 is 10.6 Å². The van der Waals surface area contributed by atoms with Gasteiger partial charge in [-0.1, -0.05) is 91.0 Å². The molecule has 3 aromatic carbocycles. The number of rotatable bonds is 16. The Hall–Kier alpha value is -4.47. The summed E-state index contributed by atoms with van der Waals surface area (Å²) >= 11 is 0. The number of ether oxygens (including phenoxy) is 1. The molecule has 43 heavy (non-hydrogen) atoms. The van der Waals surface area contributed by atoms with Crippen LogP contribution in [0.15, 0.2) is 91.0 Å². The maximum atomic E-state index is 14.0. The van der Waals surface area contributed by atoms with Crippen LogP contribution >= 0.6 is 7.37 Å². The maximum absolute atomic E-state index is 14.0. The Bertz CT molecular complexity index is 1400. The lowest BCUT2D eigenvalue weighted by Gasteiger charge is -2.28. The smallest absolute Gasteiger partial charge is 0.408 e. The Kier molecular flexibility index (Phi) is 12.5. The van der Waals surface area contributed by atoms with Gasteiger partial charge in [-0.2, -0.15) is 0 Å². The standard InChI is InChI=1S/C31H35N2O9P/c34-28(35)17-16-26(30(37)38)32-29(36)25(18-22-10-4-1-5-11-22)21-43(40,41)27(19-23-12-6-2-7-13-23)33-31(39)42-20-24-14-8-3-9-15-24/h1-15,25-27H,16-21H2,(H,32,36)(H,33,39)(H,34,35)(H,37,38)(H,40,41)/t25?,26-,27-/m1/s1. The zero-order valence-corrected chi connectivity index (χ0v) is 24.3. The van der Waals surface area contributed by atoms with Crippen LogP contribution in [-0.4, -0.2) is 57.0 Å². The largest absolute Gasteiger partial charge is 0.481 e. The highest BCUT2D eigenvalue weighted by atomic mass is 31.2. The lowest BCUT2D eigenvalue weighted by molar-refractivity contribution is -0.143. The van der Waals surface area contributed by atoms with E-state index in [1.807, 2.05) is 6.07 Å². The number of carboxylic acids is 2. The van der Waals surface area contributed by atoms with E-state index < -0.39 is 61.6 Å². The van der Waals surface area contributed by atoms with E-state index in [0.29, 0.717) is 11.1 Å². The van der Waals surface area contributed by atoms with E-state index in [-0.39, 0.29) is 25.9 Å². The van der Waals surface area contributed by atoms with Crippen molar-refractivity contribution in [3.05, 3.63) is 108 Å². The van der Waals surface area contributed by atoms with Crippen molar-refractivity contribution in [2.24, 2.45) is 5.92 Å². The molecule has 0 fully saturated rings. The van der Waals surface area contributed by atoms with E-state index in [1.54, 1.807) is 84.9 Å². The van der Waals surface area contributed by atoms with Crippen molar-refractivity contribution in [2.45, 2.75) is 44.1 Å². The molecule has 0 radical (unpaired) electrons. The van der Waals surface area contributed by atoms with E-state index in [1.165, 1.54) is 0 Å². The number of hydrogen-bond acceptors (Lipinski definition) is 6. The van der Waals surface area contributed by atoms with Gasteiger partial charge < -0.3 is 30.5 Å². The number of benzene rings is 3. The molecule has 0 aliphatic rings. The van der Waals surface area contributed by atoms with Gasteiger partial charge in [-0.15, -0.1) is 0 Å². The Balaban J connectivity index is 1.84. The predicted molar refractivity (Wildman–Crippen MR) is 158 cm³/mol. The van der Waals surface area contributed by atoms with Crippen LogP contribution in [0.25, 0.3) is 0 Å². The fourth-order valence-corrected chi connectivity index (χ4v) is 6.41. The third kappa shape index (κ3) is 11.4. The topological polar surface area (TPSA) is 179 Å². The van der Waals surface area contributed by atoms with Crippen molar-refractivity contribution >= 4 is 31.3 Å². The van der Waals surface area contributed by atoms with Gasteiger partial charge in [0.1, 0.15) is 18.4 Å². The van der Waals surface area contributed by atoms with Crippen molar-refractivity contribution < 1.29 is 43.6 Å². The fraction of sp³-hybridized carbons (Fsp3) is 0.290. The SMILES string of the molecule is O=C(O)CC[C@@H](NC(=O)C(Cc1ccccc1)CP(=O)(O)[C@H](Cc1ccccc1)NC(=O)OCc1ccccc1)C(=O)O. The number of amides is 2. The van der Waals surface area contributed by atoms with Gasteiger partial charge in [0.2, 0.25) is 13.3 Å². The average Bonchev–Trinajstić information content (AvgIpc) is 2.98. The fourth-order valence-electron chi connectivity index (χ4n) is 4.43. The molecule has 2 unspecified atom stereocenters. The van der Waals surface area contributed by atoms with Crippen molar-refractivity contribution in [3.63, 3.8) is 0 Å². The molecule has 0 bridgehead atoms. The molecule has 0 aliphatic heterocycles. The second-order valence-electron chi connectivity index (χ2n) is 10.1. The number of aliphatic carboxylic acids is 2.